The van der Waals surface area contributed by atoms with Gasteiger partial charge in [-0.05, 0) is 80.8 Å². The Morgan fingerprint density at radius 3 is 2.58 bits per heavy atom. The van der Waals surface area contributed by atoms with Gasteiger partial charge in [0.15, 0.2) is 18.2 Å². The van der Waals surface area contributed by atoms with Gasteiger partial charge in [-0.15, -0.1) is 0 Å². The number of alkyl halides is 1. The van der Waals surface area contributed by atoms with Gasteiger partial charge >= 0.3 is 12.1 Å². The Bertz CT molecular complexity index is 1380. The molecule has 2 aliphatic heterocycles. The third-order valence-electron chi connectivity index (χ3n) is 7.73. The molecule has 2 heterocycles. The van der Waals surface area contributed by atoms with Crippen molar-refractivity contribution in [2.24, 2.45) is 5.92 Å². The first-order valence-electron chi connectivity index (χ1n) is 13.8. The Morgan fingerprint density at radius 2 is 1.85 bits per heavy atom. The monoisotopic (exact) mass is 611 g/mol. The predicted molar refractivity (Wildman–Crippen MR) is 152 cm³/mol. The number of nitrogens with zero attached hydrogens (tertiary/aromatic N) is 1. The number of aryl methyl sites for hydroxylation is 1. The molecule has 2 unspecified atom stereocenters. The van der Waals surface area contributed by atoms with E-state index >= 15 is 0 Å². The molecule has 3 atom stereocenters. The van der Waals surface area contributed by atoms with Crippen LogP contribution in [0.5, 0.6) is 5.75 Å². The lowest BCUT2D eigenvalue weighted by molar-refractivity contribution is -0.147. The number of ketones is 2. The molecule has 2 aromatic carbocycles. The minimum Gasteiger partial charge on any atom is -0.488 e. The van der Waals surface area contributed by atoms with E-state index in [2.05, 4.69) is 15.9 Å². The summed E-state index contributed by atoms with van der Waals surface area (Å²) >= 11 is 3.46. The summed E-state index contributed by atoms with van der Waals surface area (Å²) in [7, 11) is 0. The summed E-state index contributed by atoms with van der Waals surface area (Å²) in [5, 5.41) is 0. The van der Waals surface area contributed by atoms with E-state index in [1.807, 2.05) is 25.1 Å². The quantitative estimate of drug-likeness (QED) is 0.236. The largest absolute Gasteiger partial charge is 0.488 e. The van der Waals surface area contributed by atoms with E-state index in [1.54, 1.807) is 32.9 Å². The van der Waals surface area contributed by atoms with Crippen LogP contribution in [0.4, 0.5) is 4.79 Å². The average Bonchev–Trinajstić information content (AvgIpc) is 3.37. The molecule has 8 nitrogen and oxygen atoms in total. The summed E-state index contributed by atoms with van der Waals surface area (Å²) in [4.78, 5) is 52.6. The molecule has 0 saturated carbocycles. The van der Waals surface area contributed by atoms with Crippen LogP contribution >= 0.6 is 15.9 Å². The number of hydrogen-bond donors (Lipinski definition) is 0. The van der Waals surface area contributed by atoms with Crippen LogP contribution in [0.15, 0.2) is 30.3 Å². The second-order valence-corrected chi connectivity index (χ2v) is 12.8. The molecule has 1 saturated heterocycles. The minimum atomic E-state index is -0.779. The van der Waals surface area contributed by atoms with Gasteiger partial charge in [0.25, 0.3) is 0 Å². The minimum absolute atomic E-state index is 0.0750. The molecule has 1 amide bonds. The van der Waals surface area contributed by atoms with Gasteiger partial charge in [-0.25, -0.2) is 9.59 Å². The van der Waals surface area contributed by atoms with E-state index < -0.39 is 30.3 Å². The molecule has 0 spiro atoms. The van der Waals surface area contributed by atoms with Gasteiger partial charge in [-0.3, -0.25) is 14.5 Å². The van der Waals surface area contributed by atoms with E-state index in [0.29, 0.717) is 29.8 Å². The van der Waals surface area contributed by atoms with Crippen molar-refractivity contribution in [2.75, 3.05) is 13.2 Å². The normalized spacial score (nSPS) is 21.6. The maximum Gasteiger partial charge on any atom is 0.411 e. The second-order valence-electron chi connectivity index (χ2n) is 11.7. The molecule has 3 aliphatic rings. The number of esters is 1. The van der Waals surface area contributed by atoms with E-state index in [-0.39, 0.29) is 28.9 Å². The number of carbonyl (C=O) groups excluding carboxylic acids is 4. The van der Waals surface area contributed by atoms with Gasteiger partial charge in [0.1, 0.15) is 24.0 Å². The third kappa shape index (κ3) is 5.66. The Labute approximate surface area is 242 Å². The number of benzene rings is 2. The first-order valence-corrected chi connectivity index (χ1v) is 14.7. The van der Waals surface area contributed by atoms with Gasteiger partial charge in [0, 0.05) is 23.2 Å². The van der Waals surface area contributed by atoms with Crippen molar-refractivity contribution in [1.29, 1.82) is 0 Å². The maximum absolute atomic E-state index is 13.0. The summed E-state index contributed by atoms with van der Waals surface area (Å²) in [5.41, 5.74) is 4.13. The van der Waals surface area contributed by atoms with Gasteiger partial charge in [0.05, 0.1) is 4.83 Å². The van der Waals surface area contributed by atoms with E-state index in [4.69, 9.17) is 14.2 Å². The van der Waals surface area contributed by atoms with Crippen molar-refractivity contribution in [3.8, 4) is 16.9 Å². The molecule has 0 aromatic heterocycles. The molecule has 0 radical (unpaired) electrons. The lowest BCUT2D eigenvalue weighted by Crippen LogP contribution is -2.44. The number of hydrogen-bond acceptors (Lipinski definition) is 7. The van der Waals surface area contributed by atoms with E-state index in [9.17, 15) is 19.2 Å². The SMILES string of the molecule is CC[C@H]1CC(C(=O)OCC(=O)c2ccc3c(c2)COc2cc4c(cc2-3)CCC(Br)C4=O)N(C(=O)OC(C)(C)C)C1. The van der Waals surface area contributed by atoms with Crippen LogP contribution < -0.4 is 4.74 Å². The van der Waals surface area contributed by atoms with Crippen LogP contribution in [0.2, 0.25) is 0 Å². The van der Waals surface area contributed by atoms with Gasteiger partial charge in [-0.1, -0.05) is 41.4 Å². The van der Waals surface area contributed by atoms with Crippen LogP contribution in [0.3, 0.4) is 0 Å². The third-order valence-corrected chi connectivity index (χ3v) is 8.61. The topological polar surface area (TPSA) is 99.2 Å². The molecule has 9 heteroatoms. The van der Waals surface area contributed by atoms with Crippen molar-refractivity contribution in [2.45, 2.75) is 76.5 Å². The van der Waals surface area contributed by atoms with E-state index in [0.717, 1.165) is 41.5 Å². The van der Waals surface area contributed by atoms with Crippen LogP contribution in [0, 0.1) is 5.92 Å². The Morgan fingerprint density at radius 1 is 1.07 bits per heavy atom. The molecule has 40 heavy (non-hydrogen) atoms. The highest BCUT2D eigenvalue weighted by atomic mass is 79.9. The fraction of sp³-hybridized carbons (Fsp3) is 0.484. The van der Waals surface area contributed by atoms with Crippen molar-refractivity contribution in [1.82, 2.24) is 4.90 Å². The molecule has 0 N–H and O–H groups in total. The zero-order valence-electron chi connectivity index (χ0n) is 23.3. The highest BCUT2D eigenvalue weighted by Crippen LogP contribution is 2.42. The lowest BCUT2D eigenvalue weighted by Gasteiger charge is -2.27. The smallest absolute Gasteiger partial charge is 0.411 e. The zero-order chi connectivity index (χ0) is 28.8. The van der Waals surface area contributed by atoms with E-state index in [1.165, 1.54) is 4.90 Å². The van der Waals surface area contributed by atoms with Crippen LogP contribution in [-0.4, -0.2) is 58.2 Å². The van der Waals surface area contributed by atoms with Crippen molar-refractivity contribution >= 4 is 39.6 Å². The molecule has 5 rings (SSSR count). The number of Topliss-reactive ketones (excluding diaryl/α,β-unsaturated/α-hetero) is 2. The highest BCUT2D eigenvalue weighted by molar-refractivity contribution is 9.10. The fourth-order valence-electron chi connectivity index (χ4n) is 5.56. The molecule has 2 aromatic rings. The highest BCUT2D eigenvalue weighted by Gasteiger charge is 2.42. The van der Waals surface area contributed by atoms with Crippen LogP contribution in [0.1, 0.15) is 78.8 Å². The van der Waals surface area contributed by atoms with Crippen molar-refractivity contribution in [3.63, 3.8) is 0 Å². The van der Waals surface area contributed by atoms with Crippen molar-refractivity contribution < 1.29 is 33.4 Å². The Balaban J connectivity index is 1.27. The molecular formula is C31H34BrNO7. The predicted octanol–water partition coefficient (Wildman–Crippen LogP) is 5.90. The van der Waals surface area contributed by atoms with Crippen molar-refractivity contribution in [3.05, 3.63) is 52.6 Å². The summed E-state index contributed by atoms with van der Waals surface area (Å²) in [5.74, 6) is -0.0452. The Hall–Kier alpha value is -3.20. The molecule has 1 fully saturated rings. The number of likely N-dealkylation sites (tertiary alicyclic amines) is 1. The summed E-state index contributed by atoms with van der Waals surface area (Å²) in [6, 6.07) is 8.43. The summed E-state index contributed by atoms with van der Waals surface area (Å²) in [6.07, 6.45) is 2.29. The molecular weight excluding hydrogens is 578 g/mol. The zero-order valence-corrected chi connectivity index (χ0v) is 24.8. The number of carbonyl (C=O) groups is 4. The van der Waals surface area contributed by atoms with Gasteiger partial charge < -0.3 is 14.2 Å². The average molecular weight is 613 g/mol. The summed E-state index contributed by atoms with van der Waals surface area (Å²) < 4.78 is 16.9. The standard InChI is InChI=1S/C31H34BrNO7/c1-5-17-10-25(33(14-17)30(37)40-31(2,3)4)29(36)39-16-26(34)19-6-8-21-20(11-19)15-38-27-13-22-18(12-23(21)27)7-9-24(32)28(22)35/h6,8,11-13,17,24-25H,5,7,9-10,14-16H2,1-4H3/t17-,24?,25?/m0/s1. The Kier molecular flexibility index (Phi) is 7.79. The van der Waals surface area contributed by atoms with Gasteiger partial charge in [-0.2, -0.15) is 0 Å². The van der Waals surface area contributed by atoms with Gasteiger partial charge in [0.2, 0.25) is 0 Å². The molecule has 1 aliphatic carbocycles. The summed E-state index contributed by atoms with van der Waals surface area (Å²) in [6.45, 7) is 7.60. The number of rotatable bonds is 5. The fourth-order valence-corrected chi connectivity index (χ4v) is 6.03. The number of ether oxygens (including phenoxy) is 3. The first kappa shape index (κ1) is 28.3. The lowest BCUT2D eigenvalue weighted by atomic mass is 9.85. The number of fused-ring (bicyclic) bond motifs is 4. The number of amides is 1. The number of halogens is 1. The van der Waals surface area contributed by atoms with Crippen LogP contribution in [-0.2, 0) is 27.3 Å². The maximum atomic E-state index is 13.0. The molecule has 0 bridgehead atoms. The van der Waals surface area contributed by atoms with Crippen LogP contribution in [0.25, 0.3) is 11.1 Å². The molecule has 212 valence electrons. The first-order chi connectivity index (χ1) is 18.9. The second kappa shape index (κ2) is 11.0.